The largest absolute Gasteiger partial charge is 0.504 e. The number of carbonyl (C=O) groups is 2. The summed E-state index contributed by atoms with van der Waals surface area (Å²) in [5.74, 6) is -2.32. The molecule has 12 nitrogen and oxygen atoms in total. The Labute approximate surface area is 210 Å². The summed E-state index contributed by atoms with van der Waals surface area (Å²) in [6.45, 7) is -0.515. The van der Waals surface area contributed by atoms with Crippen LogP contribution < -0.4 is 9.47 Å². The van der Waals surface area contributed by atoms with Gasteiger partial charge in [0.25, 0.3) is 0 Å². The Hall–Kier alpha value is -4.10. The van der Waals surface area contributed by atoms with Crippen molar-refractivity contribution in [1.82, 2.24) is 0 Å². The molecule has 2 aromatic carbocycles. The first-order valence-corrected chi connectivity index (χ1v) is 10.9. The number of phenols is 2. The lowest BCUT2D eigenvalue weighted by molar-refractivity contribution is -0.278. The van der Waals surface area contributed by atoms with Crippen LogP contribution in [0.1, 0.15) is 11.1 Å². The monoisotopic (exact) mass is 518 g/mol. The second-order valence-electron chi connectivity index (χ2n) is 7.92. The molecule has 0 aliphatic carbocycles. The smallest absolute Gasteiger partial charge is 0.330 e. The molecular weight excluding hydrogens is 492 g/mol. The molecule has 198 valence electrons. The van der Waals surface area contributed by atoms with Crippen LogP contribution in [0.5, 0.6) is 23.0 Å². The van der Waals surface area contributed by atoms with Crippen LogP contribution in [0.4, 0.5) is 0 Å². The van der Waals surface area contributed by atoms with Crippen molar-refractivity contribution in [3.63, 3.8) is 0 Å². The molecule has 1 heterocycles. The van der Waals surface area contributed by atoms with E-state index in [-0.39, 0.29) is 17.2 Å². The Morgan fingerprint density at radius 3 is 2.38 bits per heavy atom. The summed E-state index contributed by atoms with van der Waals surface area (Å²) in [5, 5.41) is 58.8. The lowest BCUT2D eigenvalue weighted by Crippen LogP contribution is -2.60. The van der Waals surface area contributed by atoms with E-state index in [2.05, 4.69) is 0 Å². The van der Waals surface area contributed by atoms with Crippen LogP contribution in [-0.4, -0.2) is 87.0 Å². The Kier molecular flexibility index (Phi) is 9.09. The Balaban J connectivity index is 1.69. The number of carboxylic acid groups (broad SMARTS) is 1. The van der Waals surface area contributed by atoms with E-state index in [1.807, 2.05) is 0 Å². The standard InChI is InChI=1S/C25H26O12/c1-34-15-6-4-14(5-8-20(28)29)18(11-15)36-25-24(33)23(32)22(31)19(37-25)12-35-21(30)9-3-13-2-7-16(26)17(27)10-13/h2-11,19,22-27,31-33H,12H2,1H3,(H,28,29)/t19-,22+,23+,24+,25+/m0/s1. The first-order valence-electron chi connectivity index (χ1n) is 10.9. The molecule has 1 aliphatic heterocycles. The molecule has 0 amide bonds. The van der Waals surface area contributed by atoms with Gasteiger partial charge in [-0.3, -0.25) is 0 Å². The van der Waals surface area contributed by atoms with Crippen LogP contribution in [0.2, 0.25) is 0 Å². The number of hydrogen-bond acceptors (Lipinski definition) is 11. The SMILES string of the molecule is COc1ccc(C=CC(=O)O)c(O[C@@H]2O[C@@H](COC(=O)C=Cc3ccc(O)c(O)c3)[C@@H](O)[C@@H](O)[C@H]2O)c1. The molecule has 3 rings (SSSR count). The van der Waals surface area contributed by atoms with Crippen LogP contribution in [0.3, 0.4) is 0 Å². The van der Waals surface area contributed by atoms with E-state index in [1.165, 1.54) is 49.6 Å². The Morgan fingerprint density at radius 1 is 0.946 bits per heavy atom. The van der Waals surface area contributed by atoms with Crippen molar-refractivity contribution < 1.29 is 59.2 Å². The number of benzene rings is 2. The minimum absolute atomic E-state index is 0.0559. The molecule has 6 N–H and O–H groups in total. The third-order valence-corrected chi connectivity index (χ3v) is 5.34. The van der Waals surface area contributed by atoms with Crippen LogP contribution in [0.15, 0.2) is 48.6 Å². The first kappa shape index (κ1) is 27.5. The lowest BCUT2D eigenvalue weighted by atomic mass is 9.99. The van der Waals surface area contributed by atoms with Gasteiger partial charge in [-0.2, -0.15) is 0 Å². The average molecular weight is 518 g/mol. The Bertz CT molecular complexity index is 1170. The number of phenolic OH excluding ortho intramolecular Hbond substituents is 2. The number of methoxy groups -OCH3 is 1. The average Bonchev–Trinajstić information content (AvgIpc) is 2.87. The first-order chi connectivity index (χ1) is 17.6. The summed E-state index contributed by atoms with van der Waals surface area (Å²) in [6, 6.07) is 8.39. The number of aromatic hydroxyl groups is 2. The van der Waals surface area contributed by atoms with Crippen molar-refractivity contribution in [2.75, 3.05) is 13.7 Å². The second kappa shape index (κ2) is 12.2. The molecule has 2 aromatic rings. The number of aliphatic hydroxyl groups excluding tert-OH is 3. The quantitative estimate of drug-likeness (QED) is 0.154. The normalized spacial score (nSPS) is 23.7. The van der Waals surface area contributed by atoms with E-state index in [1.54, 1.807) is 6.07 Å². The zero-order valence-corrected chi connectivity index (χ0v) is 19.5. The highest BCUT2D eigenvalue weighted by molar-refractivity contribution is 5.87. The Morgan fingerprint density at radius 2 is 1.70 bits per heavy atom. The van der Waals surface area contributed by atoms with E-state index < -0.39 is 49.3 Å². The number of hydrogen-bond donors (Lipinski definition) is 6. The summed E-state index contributed by atoms with van der Waals surface area (Å²) in [5.41, 5.74) is 0.701. The molecule has 1 aliphatic rings. The van der Waals surface area contributed by atoms with Gasteiger partial charge in [0.15, 0.2) is 11.5 Å². The molecule has 0 saturated carbocycles. The molecule has 1 fully saturated rings. The van der Waals surface area contributed by atoms with Gasteiger partial charge >= 0.3 is 11.9 Å². The number of esters is 1. The van der Waals surface area contributed by atoms with Gasteiger partial charge in [-0.05, 0) is 42.0 Å². The molecule has 0 spiro atoms. The third-order valence-electron chi connectivity index (χ3n) is 5.34. The zero-order valence-electron chi connectivity index (χ0n) is 19.5. The maximum atomic E-state index is 12.1. The van der Waals surface area contributed by atoms with Crippen molar-refractivity contribution in [1.29, 1.82) is 0 Å². The highest BCUT2D eigenvalue weighted by atomic mass is 16.7. The number of carboxylic acids is 1. The van der Waals surface area contributed by atoms with Crippen molar-refractivity contribution in [2.24, 2.45) is 0 Å². The van der Waals surface area contributed by atoms with E-state index in [0.717, 1.165) is 12.2 Å². The van der Waals surface area contributed by atoms with Gasteiger partial charge in [-0.15, -0.1) is 0 Å². The van der Waals surface area contributed by atoms with Crippen LogP contribution >= 0.6 is 0 Å². The second-order valence-corrected chi connectivity index (χ2v) is 7.92. The summed E-state index contributed by atoms with van der Waals surface area (Å²) < 4.78 is 21.5. The van der Waals surface area contributed by atoms with Crippen molar-refractivity contribution in [2.45, 2.75) is 30.7 Å². The maximum Gasteiger partial charge on any atom is 0.330 e. The minimum atomic E-state index is -1.72. The number of ether oxygens (including phenoxy) is 4. The summed E-state index contributed by atoms with van der Waals surface area (Å²) in [7, 11) is 1.40. The van der Waals surface area contributed by atoms with Crippen LogP contribution in [-0.2, 0) is 19.1 Å². The molecule has 0 aromatic heterocycles. The molecule has 37 heavy (non-hydrogen) atoms. The maximum absolute atomic E-state index is 12.1. The minimum Gasteiger partial charge on any atom is -0.504 e. The molecule has 1 saturated heterocycles. The highest BCUT2D eigenvalue weighted by Gasteiger charge is 2.45. The molecule has 0 radical (unpaired) electrons. The molecule has 0 bridgehead atoms. The number of aliphatic carboxylic acids is 1. The third kappa shape index (κ3) is 7.21. The fourth-order valence-corrected chi connectivity index (χ4v) is 3.34. The number of carbonyl (C=O) groups excluding carboxylic acids is 1. The van der Waals surface area contributed by atoms with Gasteiger partial charge in [0, 0.05) is 23.8 Å². The number of rotatable bonds is 9. The van der Waals surface area contributed by atoms with Gasteiger partial charge in [-0.25, -0.2) is 9.59 Å². The van der Waals surface area contributed by atoms with E-state index in [4.69, 9.17) is 24.1 Å². The van der Waals surface area contributed by atoms with E-state index in [9.17, 15) is 35.1 Å². The van der Waals surface area contributed by atoms with Gasteiger partial charge in [0.2, 0.25) is 6.29 Å². The van der Waals surface area contributed by atoms with Gasteiger partial charge < -0.3 is 49.6 Å². The summed E-state index contributed by atoms with van der Waals surface area (Å²) in [4.78, 5) is 23.0. The molecule has 12 heteroatoms. The van der Waals surface area contributed by atoms with Crippen molar-refractivity contribution in [3.05, 3.63) is 59.7 Å². The fraction of sp³-hybridized carbons (Fsp3) is 0.280. The molecule has 5 atom stereocenters. The topological polar surface area (TPSA) is 192 Å². The lowest BCUT2D eigenvalue weighted by Gasteiger charge is -2.40. The van der Waals surface area contributed by atoms with Crippen molar-refractivity contribution in [3.8, 4) is 23.0 Å². The predicted molar refractivity (Wildman–Crippen MR) is 127 cm³/mol. The van der Waals surface area contributed by atoms with E-state index >= 15 is 0 Å². The molecular formula is C25H26O12. The van der Waals surface area contributed by atoms with Gasteiger partial charge in [0.05, 0.1) is 7.11 Å². The highest BCUT2D eigenvalue weighted by Crippen LogP contribution is 2.31. The fourth-order valence-electron chi connectivity index (χ4n) is 3.34. The van der Waals surface area contributed by atoms with Gasteiger partial charge in [0.1, 0.15) is 42.5 Å². The molecule has 0 unspecified atom stereocenters. The van der Waals surface area contributed by atoms with Crippen LogP contribution in [0.25, 0.3) is 12.2 Å². The van der Waals surface area contributed by atoms with E-state index in [0.29, 0.717) is 16.9 Å². The predicted octanol–water partition coefficient (Wildman–Crippen LogP) is 0.647. The van der Waals surface area contributed by atoms with Gasteiger partial charge in [-0.1, -0.05) is 6.07 Å². The zero-order chi connectivity index (χ0) is 27.1. The van der Waals surface area contributed by atoms with Crippen molar-refractivity contribution >= 4 is 24.1 Å². The summed E-state index contributed by atoms with van der Waals surface area (Å²) in [6.07, 6.45) is -3.39. The number of aliphatic hydroxyl groups is 3. The van der Waals surface area contributed by atoms with Crippen LogP contribution in [0, 0.1) is 0 Å². The summed E-state index contributed by atoms with van der Waals surface area (Å²) >= 11 is 0.